The van der Waals surface area contributed by atoms with Crippen LogP contribution in [0.3, 0.4) is 0 Å². The van der Waals surface area contributed by atoms with Gasteiger partial charge in [-0.2, -0.15) is 0 Å². The summed E-state index contributed by atoms with van der Waals surface area (Å²) < 4.78 is 7.25. The maximum atomic E-state index is 7.25. The molecule has 0 amide bonds. The molecule has 0 N–H and O–H groups in total. The highest BCUT2D eigenvalue weighted by Gasteiger charge is 2.22. The summed E-state index contributed by atoms with van der Waals surface area (Å²) >= 11 is 0. The molecule has 9 heavy (non-hydrogen) atoms. The van der Waals surface area contributed by atoms with E-state index in [4.69, 9.17) is 1.37 Å². The van der Waals surface area contributed by atoms with Gasteiger partial charge in [0.05, 0.1) is 0 Å². The van der Waals surface area contributed by atoms with Crippen molar-refractivity contribution >= 4 is 0 Å². The molecular weight excluding hydrogens is 110 g/mol. The Bertz CT molecular complexity index is 103. The Kier molecular flexibility index (Phi) is 1.71. The molecule has 0 saturated carbocycles. The third-order valence-electron chi connectivity index (χ3n) is 2.18. The lowest BCUT2D eigenvalue weighted by Crippen LogP contribution is -2.29. The number of nitrogens with zero attached hydrogens (tertiary/aromatic N) is 1. The summed E-state index contributed by atoms with van der Waals surface area (Å²) in [6.07, 6.45) is 2.60. The molecule has 0 bridgehead atoms. The maximum Gasteiger partial charge on any atom is 0.0394 e. The molecule has 0 aromatic rings. The zero-order chi connectivity index (χ0) is 7.56. The summed E-state index contributed by atoms with van der Waals surface area (Å²) in [4.78, 5) is 2.27. The van der Waals surface area contributed by atoms with Gasteiger partial charge in [-0.25, -0.2) is 0 Å². The van der Waals surface area contributed by atoms with Gasteiger partial charge in [0.1, 0.15) is 0 Å². The Balaban J connectivity index is 2.42. The molecule has 1 saturated heterocycles. The number of rotatable bonds is 1. The van der Waals surface area contributed by atoms with Crippen LogP contribution in [0.15, 0.2) is 0 Å². The number of hydrogen-bond donors (Lipinski definition) is 0. The lowest BCUT2D eigenvalue weighted by molar-refractivity contribution is 0.250. The van der Waals surface area contributed by atoms with Gasteiger partial charge in [-0.3, -0.25) is 0 Å². The molecule has 1 rings (SSSR count). The summed E-state index contributed by atoms with van der Waals surface area (Å²) in [7, 11) is 0.489. The van der Waals surface area contributed by atoms with Crippen molar-refractivity contribution in [3.63, 3.8) is 0 Å². The van der Waals surface area contributed by atoms with Crippen LogP contribution in [-0.2, 0) is 0 Å². The van der Waals surface area contributed by atoms with Crippen molar-refractivity contribution in [3.8, 4) is 0 Å². The van der Waals surface area contributed by atoms with Crippen LogP contribution in [0.2, 0.25) is 0 Å². The van der Waals surface area contributed by atoms with E-state index in [1.54, 1.807) is 0 Å². The van der Waals surface area contributed by atoms with E-state index in [2.05, 4.69) is 18.7 Å². The molecule has 54 valence electrons. The van der Waals surface area contributed by atoms with E-state index in [1.807, 2.05) is 0 Å². The fourth-order valence-electron chi connectivity index (χ4n) is 1.61. The van der Waals surface area contributed by atoms with Crippen molar-refractivity contribution in [2.45, 2.75) is 32.7 Å². The first-order valence-electron chi connectivity index (χ1n) is 4.49. The van der Waals surface area contributed by atoms with E-state index in [1.165, 1.54) is 12.8 Å². The summed E-state index contributed by atoms with van der Waals surface area (Å²) in [5, 5.41) is 0. The highest BCUT2D eigenvalue weighted by atomic mass is 15.1. The van der Waals surface area contributed by atoms with Crippen LogP contribution < -0.4 is 0 Å². The smallest absolute Gasteiger partial charge is 0.0394 e. The second kappa shape index (κ2) is 2.70. The molecule has 1 heteroatoms. The van der Waals surface area contributed by atoms with Crippen molar-refractivity contribution in [3.05, 3.63) is 0 Å². The van der Waals surface area contributed by atoms with Crippen molar-refractivity contribution in [1.29, 1.82) is 0 Å². The van der Waals surface area contributed by atoms with E-state index in [9.17, 15) is 0 Å². The largest absolute Gasteiger partial charge is 0.303 e. The van der Waals surface area contributed by atoms with E-state index < -0.39 is 0 Å². The molecule has 0 aliphatic carbocycles. The number of likely N-dealkylation sites (tertiary alicyclic amines) is 1. The van der Waals surface area contributed by atoms with Gasteiger partial charge < -0.3 is 4.90 Å². The molecule has 1 heterocycles. The fourth-order valence-corrected chi connectivity index (χ4v) is 1.61. The minimum Gasteiger partial charge on any atom is -0.303 e. The molecule has 1 fully saturated rings. The summed E-state index contributed by atoms with van der Waals surface area (Å²) in [5.41, 5.74) is 0. The molecule has 0 unspecified atom stereocenters. The molecule has 0 spiro atoms. The van der Waals surface area contributed by atoms with E-state index in [0.29, 0.717) is 13.1 Å². The topological polar surface area (TPSA) is 3.24 Å². The normalized spacial score (nSPS) is 31.4. The van der Waals surface area contributed by atoms with Crippen molar-refractivity contribution in [2.75, 3.05) is 13.6 Å². The summed E-state index contributed by atoms with van der Waals surface area (Å²) in [6, 6.07) is 0.692. The van der Waals surface area contributed by atoms with Crippen LogP contribution in [-0.4, -0.2) is 24.5 Å². The van der Waals surface area contributed by atoms with Gasteiger partial charge in [0.15, 0.2) is 0 Å². The first-order chi connectivity index (χ1) is 4.75. The zero-order valence-electron chi connectivity index (χ0n) is 7.43. The molecule has 1 aliphatic heterocycles. The Hall–Kier alpha value is -0.0400. The van der Waals surface area contributed by atoms with E-state index in [-0.39, 0.29) is 0 Å². The Morgan fingerprint density at radius 1 is 1.67 bits per heavy atom. The second-order valence-corrected chi connectivity index (χ2v) is 3.27. The summed E-state index contributed by atoms with van der Waals surface area (Å²) in [5.74, 6) is 0.729. The standard InChI is InChI=1S/C8H17N/c1-7(2)8-5-4-6-9(8)3/h7-8H,4-6H2,1-3H3/t8-/m1/s1/i3D. The predicted molar refractivity (Wildman–Crippen MR) is 40.5 cm³/mol. The van der Waals surface area contributed by atoms with Crippen LogP contribution in [0.25, 0.3) is 0 Å². The molecule has 1 atom stereocenters. The number of hydrogen-bond acceptors (Lipinski definition) is 1. The zero-order valence-corrected chi connectivity index (χ0v) is 6.43. The van der Waals surface area contributed by atoms with Gasteiger partial charge in [0, 0.05) is 7.41 Å². The lowest BCUT2D eigenvalue weighted by Gasteiger charge is -2.22. The average molecular weight is 128 g/mol. The van der Waals surface area contributed by atoms with E-state index in [0.717, 1.165) is 12.5 Å². The highest BCUT2D eigenvalue weighted by Crippen LogP contribution is 2.20. The monoisotopic (exact) mass is 128 g/mol. The van der Waals surface area contributed by atoms with Gasteiger partial charge in [0.25, 0.3) is 0 Å². The molecule has 0 radical (unpaired) electrons. The molecule has 1 aliphatic rings. The van der Waals surface area contributed by atoms with Gasteiger partial charge >= 0.3 is 0 Å². The van der Waals surface area contributed by atoms with Crippen LogP contribution in [0.4, 0.5) is 0 Å². The predicted octanol–water partition coefficient (Wildman–Crippen LogP) is 1.74. The Labute approximate surface area is 59.5 Å². The molecular formula is C8H17N. The minimum atomic E-state index is 0.489. The maximum absolute atomic E-state index is 7.25. The minimum absolute atomic E-state index is 0.489. The Morgan fingerprint density at radius 3 is 2.89 bits per heavy atom. The van der Waals surface area contributed by atoms with Gasteiger partial charge in [-0.1, -0.05) is 13.8 Å². The van der Waals surface area contributed by atoms with Crippen LogP contribution in [0.1, 0.15) is 28.1 Å². The van der Waals surface area contributed by atoms with Crippen LogP contribution in [0.5, 0.6) is 0 Å². The molecule has 0 aromatic carbocycles. The van der Waals surface area contributed by atoms with Crippen molar-refractivity contribution < 1.29 is 1.37 Å². The SMILES string of the molecule is [2H]CN1CCC[C@@H]1C(C)C. The highest BCUT2D eigenvalue weighted by molar-refractivity contribution is 4.78. The second-order valence-electron chi connectivity index (χ2n) is 3.27. The van der Waals surface area contributed by atoms with Gasteiger partial charge in [0.2, 0.25) is 0 Å². The third-order valence-corrected chi connectivity index (χ3v) is 2.18. The fraction of sp³-hybridized carbons (Fsp3) is 1.00. The molecule has 1 nitrogen and oxygen atoms in total. The van der Waals surface area contributed by atoms with Gasteiger partial charge in [-0.15, -0.1) is 0 Å². The van der Waals surface area contributed by atoms with Crippen molar-refractivity contribution in [1.82, 2.24) is 4.90 Å². The first kappa shape index (κ1) is 5.72. The van der Waals surface area contributed by atoms with Crippen molar-refractivity contribution in [2.24, 2.45) is 5.92 Å². The van der Waals surface area contributed by atoms with Crippen LogP contribution in [0, 0.1) is 5.92 Å². The van der Waals surface area contributed by atoms with E-state index >= 15 is 0 Å². The van der Waals surface area contributed by atoms with Crippen LogP contribution >= 0.6 is 0 Å². The third kappa shape index (κ3) is 1.45. The summed E-state index contributed by atoms with van der Waals surface area (Å²) in [6.45, 7) is 5.64. The van der Waals surface area contributed by atoms with Gasteiger partial charge in [-0.05, 0) is 32.3 Å². The Morgan fingerprint density at radius 2 is 2.44 bits per heavy atom. The average Bonchev–Trinajstić information content (AvgIpc) is 2.33. The quantitative estimate of drug-likeness (QED) is 0.520. The lowest BCUT2D eigenvalue weighted by atomic mass is 10.0. The first-order valence-corrected chi connectivity index (χ1v) is 3.79. The molecule has 0 aromatic heterocycles.